The summed E-state index contributed by atoms with van der Waals surface area (Å²) in [7, 11) is -2.61. The van der Waals surface area contributed by atoms with Gasteiger partial charge >= 0.3 is 5.97 Å². The van der Waals surface area contributed by atoms with E-state index in [0.717, 1.165) is 19.9 Å². The summed E-state index contributed by atoms with van der Waals surface area (Å²) < 4.78 is 33.0. The van der Waals surface area contributed by atoms with E-state index in [2.05, 4.69) is 15.9 Å². The first-order valence-corrected chi connectivity index (χ1v) is 9.90. The number of benzene rings is 2. The van der Waals surface area contributed by atoms with E-state index in [0.29, 0.717) is 0 Å². The van der Waals surface area contributed by atoms with Gasteiger partial charge in [-0.15, -0.1) is 0 Å². The van der Waals surface area contributed by atoms with E-state index < -0.39 is 22.0 Å². The van der Waals surface area contributed by atoms with Crippen LogP contribution in [-0.2, 0) is 26.1 Å². The van der Waals surface area contributed by atoms with Crippen LogP contribution in [0.2, 0.25) is 0 Å². The van der Waals surface area contributed by atoms with Gasteiger partial charge in [0.1, 0.15) is 6.04 Å². The summed E-state index contributed by atoms with van der Waals surface area (Å²) in [5.74, 6) is -0.604. The van der Waals surface area contributed by atoms with Gasteiger partial charge in [0.05, 0.1) is 12.0 Å². The molecule has 0 heterocycles. The van der Waals surface area contributed by atoms with Gasteiger partial charge in [-0.3, -0.25) is 4.79 Å². The Balaban J connectivity index is 2.44. The van der Waals surface area contributed by atoms with Crippen LogP contribution in [0.15, 0.2) is 57.9 Å². The zero-order valence-corrected chi connectivity index (χ0v) is 16.7. The number of ether oxygens (including phenoxy) is 1. The molecule has 0 spiro atoms. The molecule has 2 aromatic rings. The molecule has 2 rings (SSSR count). The SMILES string of the molecule is COC(=O)C(C)N(Cc1ccc(Br)cc1)S(=O)(=O)c1ccc(C)cc1. The van der Waals surface area contributed by atoms with E-state index >= 15 is 0 Å². The molecule has 0 aromatic heterocycles. The molecule has 0 saturated carbocycles. The zero-order chi connectivity index (χ0) is 18.6. The second-order valence-electron chi connectivity index (χ2n) is 5.69. The van der Waals surface area contributed by atoms with Crippen LogP contribution in [0.25, 0.3) is 0 Å². The summed E-state index contributed by atoms with van der Waals surface area (Å²) in [6.45, 7) is 3.48. The Labute approximate surface area is 156 Å². The summed E-state index contributed by atoms with van der Waals surface area (Å²) in [4.78, 5) is 12.1. The average molecular weight is 426 g/mol. The number of hydrogen-bond acceptors (Lipinski definition) is 4. The smallest absolute Gasteiger partial charge is 0.323 e. The van der Waals surface area contributed by atoms with Crippen molar-refractivity contribution in [2.75, 3.05) is 7.11 Å². The van der Waals surface area contributed by atoms with Crippen molar-refractivity contribution >= 4 is 31.9 Å². The first-order chi connectivity index (χ1) is 11.8. The Hall–Kier alpha value is -1.70. The molecular formula is C18H20BrNO4S. The third kappa shape index (κ3) is 4.68. The Morgan fingerprint density at radius 2 is 1.68 bits per heavy atom. The first kappa shape index (κ1) is 19.6. The van der Waals surface area contributed by atoms with E-state index in [1.165, 1.54) is 14.0 Å². The van der Waals surface area contributed by atoms with E-state index in [1.54, 1.807) is 24.3 Å². The number of aryl methyl sites for hydroxylation is 1. The van der Waals surface area contributed by atoms with Crippen LogP contribution in [-0.4, -0.2) is 31.8 Å². The highest BCUT2D eigenvalue weighted by Gasteiger charge is 2.33. The predicted molar refractivity (Wildman–Crippen MR) is 99.5 cm³/mol. The fourth-order valence-electron chi connectivity index (χ4n) is 2.33. The quantitative estimate of drug-likeness (QED) is 0.664. The van der Waals surface area contributed by atoms with Crippen LogP contribution >= 0.6 is 15.9 Å². The highest BCUT2D eigenvalue weighted by Crippen LogP contribution is 2.23. The molecule has 0 aliphatic heterocycles. The molecule has 0 fully saturated rings. The molecule has 0 N–H and O–H groups in total. The molecule has 0 saturated heterocycles. The van der Waals surface area contributed by atoms with Crippen LogP contribution in [0, 0.1) is 6.92 Å². The third-order valence-corrected chi connectivity index (χ3v) is 6.31. The van der Waals surface area contributed by atoms with Crippen molar-refractivity contribution in [3.63, 3.8) is 0 Å². The molecule has 0 amide bonds. The van der Waals surface area contributed by atoms with Gasteiger partial charge in [-0.25, -0.2) is 8.42 Å². The number of halogens is 1. The largest absolute Gasteiger partial charge is 0.468 e. The lowest BCUT2D eigenvalue weighted by Crippen LogP contribution is -2.43. The van der Waals surface area contributed by atoms with Crippen LogP contribution < -0.4 is 0 Å². The molecule has 0 aliphatic rings. The zero-order valence-electron chi connectivity index (χ0n) is 14.3. The molecular weight excluding hydrogens is 406 g/mol. The Morgan fingerprint density at radius 1 is 1.12 bits per heavy atom. The van der Waals surface area contributed by atoms with Gasteiger partial charge < -0.3 is 4.74 Å². The predicted octanol–water partition coefficient (Wildman–Crippen LogP) is 3.51. The second-order valence-corrected chi connectivity index (χ2v) is 8.50. The van der Waals surface area contributed by atoms with Crippen LogP contribution in [0.5, 0.6) is 0 Å². The summed E-state index contributed by atoms with van der Waals surface area (Å²) in [6, 6.07) is 12.9. The molecule has 134 valence electrons. The van der Waals surface area contributed by atoms with Crippen molar-refractivity contribution < 1.29 is 17.9 Å². The summed E-state index contributed by atoms with van der Waals surface area (Å²) in [5.41, 5.74) is 1.73. The Morgan fingerprint density at radius 3 is 2.20 bits per heavy atom. The highest BCUT2D eigenvalue weighted by molar-refractivity contribution is 9.10. The third-order valence-electron chi connectivity index (χ3n) is 3.85. The molecule has 1 atom stereocenters. The maximum absolute atomic E-state index is 13.1. The minimum absolute atomic E-state index is 0.0692. The van der Waals surface area contributed by atoms with Crippen molar-refractivity contribution in [1.29, 1.82) is 0 Å². The molecule has 25 heavy (non-hydrogen) atoms. The summed E-state index contributed by atoms with van der Waals surface area (Å²) >= 11 is 3.35. The van der Waals surface area contributed by atoms with Crippen LogP contribution in [0.3, 0.4) is 0 Å². The van der Waals surface area contributed by atoms with Crippen molar-refractivity contribution in [1.82, 2.24) is 4.31 Å². The molecule has 1 unspecified atom stereocenters. The molecule has 5 nitrogen and oxygen atoms in total. The molecule has 2 aromatic carbocycles. The lowest BCUT2D eigenvalue weighted by molar-refractivity contribution is -0.144. The van der Waals surface area contributed by atoms with Gasteiger partial charge in [0.15, 0.2) is 0 Å². The topological polar surface area (TPSA) is 63.7 Å². The Bertz CT molecular complexity index is 832. The average Bonchev–Trinajstić information content (AvgIpc) is 2.60. The number of nitrogens with zero attached hydrogens (tertiary/aromatic N) is 1. The lowest BCUT2D eigenvalue weighted by Gasteiger charge is -2.27. The normalized spacial score (nSPS) is 12.8. The van der Waals surface area contributed by atoms with Gasteiger partial charge in [-0.05, 0) is 43.7 Å². The monoisotopic (exact) mass is 425 g/mol. The summed E-state index contributed by atoms with van der Waals surface area (Å²) in [6.07, 6.45) is 0. The summed E-state index contributed by atoms with van der Waals surface area (Å²) in [5, 5.41) is 0. The number of methoxy groups -OCH3 is 1. The fourth-order valence-corrected chi connectivity index (χ4v) is 4.17. The van der Waals surface area contributed by atoms with Crippen molar-refractivity contribution in [3.8, 4) is 0 Å². The number of esters is 1. The molecule has 0 aliphatic carbocycles. The van der Waals surface area contributed by atoms with Gasteiger partial charge in [-0.2, -0.15) is 4.31 Å². The second kappa shape index (κ2) is 8.12. The van der Waals surface area contributed by atoms with Crippen LogP contribution in [0.1, 0.15) is 18.1 Å². The van der Waals surface area contributed by atoms with E-state index in [9.17, 15) is 13.2 Å². The van der Waals surface area contributed by atoms with E-state index in [-0.39, 0.29) is 11.4 Å². The van der Waals surface area contributed by atoms with Gasteiger partial charge in [-0.1, -0.05) is 45.8 Å². The minimum atomic E-state index is -3.86. The van der Waals surface area contributed by atoms with Crippen molar-refractivity contribution in [2.45, 2.75) is 31.3 Å². The number of carbonyl (C=O) groups excluding carboxylic acids is 1. The number of rotatable bonds is 6. The minimum Gasteiger partial charge on any atom is -0.468 e. The number of carbonyl (C=O) groups is 1. The highest BCUT2D eigenvalue weighted by atomic mass is 79.9. The fraction of sp³-hybridized carbons (Fsp3) is 0.278. The maximum Gasteiger partial charge on any atom is 0.323 e. The molecule has 0 bridgehead atoms. The van der Waals surface area contributed by atoms with Crippen molar-refractivity contribution in [3.05, 3.63) is 64.1 Å². The Kier molecular flexibility index (Phi) is 6.37. The maximum atomic E-state index is 13.1. The lowest BCUT2D eigenvalue weighted by atomic mass is 10.2. The number of sulfonamides is 1. The van der Waals surface area contributed by atoms with Crippen LogP contribution in [0.4, 0.5) is 0 Å². The molecule has 7 heteroatoms. The van der Waals surface area contributed by atoms with Crippen molar-refractivity contribution in [2.24, 2.45) is 0 Å². The van der Waals surface area contributed by atoms with Gasteiger partial charge in [0, 0.05) is 11.0 Å². The van der Waals surface area contributed by atoms with E-state index in [1.807, 2.05) is 31.2 Å². The molecule has 0 radical (unpaired) electrons. The van der Waals surface area contributed by atoms with Gasteiger partial charge in [0.2, 0.25) is 10.0 Å². The van der Waals surface area contributed by atoms with E-state index in [4.69, 9.17) is 4.74 Å². The standard InChI is InChI=1S/C18H20BrNO4S/c1-13-4-10-17(11-5-13)25(22,23)20(14(2)18(21)24-3)12-15-6-8-16(19)9-7-15/h4-11,14H,12H2,1-3H3. The van der Waals surface area contributed by atoms with Gasteiger partial charge in [0.25, 0.3) is 0 Å². The number of hydrogen-bond donors (Lipinski definition) is 0. The first-order valence-electron chi connectivity index (χ1n) is 7.66.